The molecule has 0 fully saturated rings. The predicted octanol–water partition coefficient (Wildman–Crippen LogP) is -4.65. The summed E-state index contributed by atoms with van der Waals surface area (Å²) in [6.45, 7) is 0. The molecule has 0 aromatic heterocycles. The normalized spacial score (nSPS) is 0. The van der Waals surface area contributed by atoms with Crippen LogP contribution in [0, 0.1) is 0 Å². The molecule has 1 radical (unpaired) electrons. The van der Waals surface area contributed by atoms with Crippen molar-refractivity contribution in [2.75, 3.05) is 0 Å². The standard InChI is InChI=1S/FH.2H2O.Ta/h1H;2*1H2;/p-1. The minimum atomic E-state index is 0. The van der Waals surface area contributed by atoms with E-state index in [0.717, 1.165) is 0 Å². The largest absolute Gasteiger partial charge is 1.00 e. The quantitative estimate of drug-likeness (QED) is 0.406. The Morgan fingerprint density at radius 3 is 0.750 bits per heavy atom. The Bertz CT molecular complexity index is 6.00. The molecular weight excluding hydrogens is 232 g/mol. The van der Waals surface area contributed by atoms with Crippen LogP contribution in [0.2, 0.25) is 0 Å². The van der Waals surface area contributed by atoms with Crippen LogP contribution in [-0.2, 0) is 22.4 Å². The molecule has 2 nitrogen and oxygen atoms in total. The van der Waals surface area contributed by atoms with E-state index in [9.17, 15) is 0 Å². The van der Waals surface area contributed by atoms with Crippen molar-refractivity contribution in [1.82, 2.24) is 0 Å². The summed E-state index contributed by atoms with van der Waals surface area (Å²) < 4.78 is 0. The summed E-state index contributed by atoms with van der Waals surface area (Å²) in [7, 11) is 0. The van der Waals surface area contributed by atoms with Crippen LogP contribution in [0.15, 0.2) is 0 Å². The van der Waals surface area contributed by atoms with Crippen LogP contribution in [0.4, 0.5) is 0 Å². The van der Waals surface area contributed by atoms with Crippen LogP contribution < -0.4 is 4.70 Å². The summed E-state index contributed by atoms with van der Waals surface area (Å²) in [5, 5.41) is 0. The van der Waals surface area contributed by atoms with E-state index < -0.39 is 0 Å². The van der Waals surface area contributed by atoms with Gasteiger partial charge in [-0.25, -0.2) is 0 Å². The number of rotatable bonds is 0. The number of halogens is 1. The molecule has 0 atom stereocenters. The van der Waals surface area contributed by atoms with E-state index >= 15 is 0 Å². The van der Waals surface area contributed by atoms with E-state index in [0.29, 0.717) is 0 Å². The molecule has 0 aliphatic heterocycles. The average molecular weight is 236 g/mol. The van der Waals surface area contributed by atoms with Gasteiger partial charge in [0.2, 0.25) is 0 Å². The second kappa shape index (κ2) is 69.1. The summed E-state index contributed by atoms with van der Waals surface area (Å²) in [6.07, 6.45) is 0. The third-order valence-corrected chi connectivity index (χ3v) is 0. The van der Waals surface area contributed by atoms with Crippen molar-refractivity contribution in [1.29, 1.82) is 0 Å². The van der Waals surface area contributed by atoms with Crippen LogP contribution in [0.1, 0.15) is 0 Å². The van der Waals surface area contributed by atoms with Gasteiger partial charge in [0.1, 0.15) is 0 Å². The first-order valence-corrected chi connectivity index (χ1v) is 0. The van der Waals surface area contributed by atoms with E-state index in [1.165, 1.54) is 0 Å². The molecule has 0 unspecified atom stereocenters. The molecule has 29 valence electrons. The van der Waals surface area contributed by atoms with Crippen LogP contribution in [-0.4, -0.2) is 11.0 Å². The molecule has 4 heteroatoms. The molecule has 0 heterocycles. The smallest absolute Gasteiger partial charge is 0 e. The fourth-order valence-corrected chi connectivity index (χ4v) is 0. The summed E-state index contributed by atoms with van der Waals surface area (Å²) in [5.41, 5.74) is 0. The Hall–Kier alpha value is 0.590. The molecule has 0 amide bonds. The summed E-state index contributed by atoms with van der Waals surface area (Å²) in [5.74, 6) is 0. The van der Waals surface area contributed by atoms with Gasteiger partial charge in [-0.15, -0.1) is 0 Å². The second-order valence-corrected chi connectivity index (χ2v) is 0. The number of hydrogen-bond acceptors (Lipinski definition) is 0. The van der Waals surface area contributed by atoms with Crippen molar-refractivity contribution < 1.29 is 38.0 Å². The van der Waals surface area contributed by atoms with E-state index in [2.05, 4.69) is 0 Å². The van der Waals surface area contributed by atoms with Crippen molar-refractivity contribution in [2.24, 2.45) is 0 Å². The second-order valence-electron chi connectivity index (χ2n) is 0. The Balaban J connectivity index is 0. The zero-order valence-electron chi connectivity index (χ0n) is 1.83. The maximum Gasteiger partial charge on any atom is 0 e. The number of hydrogen-bond donors (Lipinski definition) is 0. The maximum absolute atomic E-state index is 0. The Morgan fingerprint density at radius 2 is 0.750 bits per heavy atom. The zero-order valence-corrected chi connectivity index (χ0v) is 5.04. The van der Waals surface area contributed by atoms with E-state index in [-0.39, 0.29) is 38.0 Å². The van der Waals surface area contributed by atoms with Gasteiger partial charge in [-0.3, -0.25) is 0 Å². The van der Waals surface area contributed by atoms with Crippen molar-refractivity contribution in [3.05, 3.63) is 0 Å². The first-order chi connectivity index (χ1) is 0. The van der Waals surface area contributed by atoms with Gasteiger partial charge in [-0.1, -0.05) is 0 Å². The van der Waals surface area contributed by atoms with Crippen LogP contribution in [0.25, 0.3) is 0 Å². The van der Waals surface area contributed by atoms with Gasteiger partial charge in [0.15, 0.2) is 0 Å². The molecule has 0 bridgehead atoms. The van der Waals surface area contributed by atoms with Gasteiger partial charge in [-0.05, 0) is 0 Å². The monoisotopic (exact) mass is 236 g/mol. The molecule has 0 rings (SSSR count). The Morgan fingerprint density at radius 1 is 0.750 bits per heavy atom. The van der Waals surface area contributed by atoms with Gasteiger partial charge in [0.25, 0.3) is 0 Å². The molecule has 4 N–H and O–H groups in total. The van der Waals surface area contributed by atoms with Gasteiger partial charge >= 0.3 is 0 Å². The molecule has 0 aromatic carbocycles. The van der Waals surface area contributed by atoms with Crippen molar-refractivity contribution >= 4 is 0 Å². The van der Waals surface area contributed by atoms with Gasteiger partial charge in [0, 0.05) is 22.4 Å². The van der Waals surface area contributed by atoms with Crippen molar-refractivity contribution in [3.8, 4) is 0 Å². The first kappa shape index (κ1) is 170. The molecule has 0 aliphatic carbocycles. The van der Waals surface area contributed by atoms with E-state index in [1.54, 1.807) is 0 Å². The van der Waals surface area contributed by atoms with Gasteiger partial charge in [-0.2, -0.15) is 0 Å². The summed E-state index contributed by atoms with van der Waals surface area (Å²) >= 11 is 0. The minimum Gasteiger partial charge on any atom is -1.00 e. The van der Waals surface area contributed by atoms with Crippen molar-refractivity contribution in [3.63, 3.8) is 0 Å². The molecule has 4 heavy (non-hydrogen) atoms. The van der Waals surface area contributed by atoms with E-state index in [1.807, 2.05) is 0 Å². The third kappa shape index (κ3) is 18.8. The van der Waals surface area contributed by atoms with E-state index in [4.69, 9.17) is 0 Å². The Kier molecular flexibility index (Phi) is 2940. The fourth-order valence-electron chi connectivity index (χ4n) is 0. The van der Waals surface area contributed by atoms with Gasteiger partial charge < -0.3 is 15.7 Å². The molecule has 0 aliphatic rings. The molecule has 0 spiro atoms. The third-order valence-electron chi connectivity index (χ3n) is 0. The Labute approximate surface area is 38.7 Å². The van der Waals surface area contributed by atoms with Gasteiger partial charge in [0.05, 0.1) is 0 Å². The minimum absolute atomic E-state index is 0. The topological polar surface area (TPSA) is 63.0 Å². The summed E-state index contributed by atoms with van der Waals surface area (Å²) in [6, 6.07) is 0. The molecular formula is H4FO2Ta-. The first-order valence-electron chi connectivity index (χ1n) is 0. The molecule has 0 saturated carbocycles. The molecule has 0 aromatic rings. The van der Waals surface area contributed by atoms with Crippen molar-refractivity contribution in [2.45, 2.75) is 0 Å². The molecule has 0 saturated heterocycles. The SMILES string of the molecule is O.O.[F-].[Ta]. The zero-order chi connectivity index (χ0) is 0. The predicted molar refractivity (Wildman–Crippen MR) is 7.23 cm³/mol. The van der Waals surface area contributed by atoms with Crippen LogP contribution >= 0.6 is 0 Å². The van der Waals surface area contributed by atoms with Crippen LogP contribution in [0.3, 0.4) is 0 Å². The van der Waals surface area contributed by atoms with Crippen LogP contribution in [0.5, 0.6) is 0 Å². The summed E-state index contributed by atoms with van der Waals surface area (Å²) in [4.78, 5) is 0. The average Bonchev–Trinajstić information content (AvgIpc) is 0. The maximum atomic E-state index is 0. The fraction of sp³-hybridized carbons (Fsp3) is 0.